The Morgan fingerprint density at radius 3 is 2.79 bits per heavy atom. The van der Waals surface area contributed by atoms with E-state index in [1.54, 1.807) is 0 Å². The Morgan fingerprint density at radius 2 is 2.14 bits per heavy atom. The summed E-state index contributed by atoms with van der Waals surface area (Å²) in [5.41, 5.74) is 0.438. The normalized spacial score (nSPS) is 20.9. The van der Waals surface area contributed by atoms with Crippen LogP contribution in [0, 0.1) is 0 Å². The van der Waals surface area contributed by atoms with Gasteiger partial charge in [-0.3, -0.25) is 4.79 Å². The molecule has 1 fully saturated rings. The van der Waals surface area contributed by atoms with Crippen molar-refractivity contribution < 1.29 is 19.7 Å². The third kappa shape index (κ3) is 1.39. The van der Waals surface area contributed by atoms with Crippen LogP contribution >= 0.6 is 0 Å². The molecule has 0 radical (unpaired) electrons. The molecule has 4 nitrogen and oxygen atoms in total. The number of aromatic hydroxyl groups is 2. The van der Waals surface area contributed by atoms with Crippen molar-refractivity contribution >= 4 is 5.97 Å². The summed E-state index contributed by atoms with van der Waals surface area (Å²) in [6, 6.07) is 4.14. The highest BCUT2D eigenvalue weighted by Gasteiger charge is 2.30. The van der Waals surface area contributed by atoms with Crippen LogP contribution in [-0.4, -0.2) is 22.8 Å². The van der Waals surface area contributed by atoms with Crippen LogP contribution in [0.5, 0.6) is 11.5 Å². The lowest BCUT2D eigenvalue weighted by molar-refractivity contribution is -0.139. The molecular weight excluding hydrogens is 184 g/mol. The molecule has 1 aromatic rings. The third-order valence-electron chi connectivity index (χ3n) is 2.32. The molecule has 2 N–H and O–H groups in total. The van der Waals surface area contributed by atoms with Crippen LogP contribution in [0.15, 0.2) is 18.2 Å². The number of phenolic OH excluding ortho intramolecular Hbond substituents is 2. The van der Waals surface area contributed by atoms with Crippen molar-refractivity contribution in [3.8, 4) is 11.5 Å². The van der Waals surface area contributed by atoms with E-state index in [9.17, 15) is 15.0 Å². The van der Waals surface area contributed by atoms with Crippen LogP contribution in [0.2, 0.25) is 0 Å². The lowest BCUT2D eigenvalue weighted by atomic mass is 9.97. The number of benzene rings is 1. The summed E-state index contributed by atoms with van der Waals surface area (Å²) in [4.78, 5) is 11.2. The van der Waals surface area contributed by atoms with Gasteiger partial charge in [0.1, 0.15) is 11.5 Å². The van der Waals surface area contributed by atoms with Crippen molar-refractivity contribution in [3.05, 3.63) is 23.8 Å². The number of hydrogen-bond acceptors (Lipinski definition) is 4. The minimum absolute atomic E-state index is 0.0200. The van der Waals surface area contributed by atoms with E-state index >= 15 is 0 Å². The number of esters is 1. The molecule has 1 aliphatic rings. The van der Waals surface area contributed by atoms with Crippen LogP contribution in [0.4, 0.5) is 0 Å². The molecule has 14 heavy (non-hydrogen) atoms. The van der Waals surface area contributed by atoms with E-state index in [1.807, 2.05) is 0 Å². The average molecular weight is 194 g/mol. The second-order valence-electron chi connectivity index (χ2n) is 3.25. The first-order valence-corrected chi connectivity index (χ1v) is 4.37. The Bertz CT molecular complexity index is 372. The van der Waals surface area contributed by atoms with Crippen molar-refractivity contribution in [1.82, 2.24) is 0 Å². The maximum atomic E-state index is 11.2. The van der Waals surface area contributed by atoms with Gasteiger partial charge in [-0.25, -0.2) is 0 Å². The van der Waals surface area contributed by atoms with E-state index in [-0.39, 0.29) is 17.5 Å². The zero-order valence-corrected chi connectivity index (χ0v) is 7.43. The highest BCUT2D eigenvalue weighted by atomic mass is 16.5. The quantitative estimate of drug-likeness (QED) is 0.519. The molecule has 0 bridgehead atoms. The summed E-state index contributed by atoms with van der Waals surface area (Å²) in [7, 11) is 0. The van der Waals surface area contributed by atoms with Crippen LogP contribution in [0.25, 0.3) is 0 Å². The van der Waals surface area contributed by atoms with Crippen molar-refractivity contribution in [2.45, 2.75) is 12.3 Å². The topological polar surface area (TPSA) is 66.8 Å². The molecule has 0 aromatic heterocycles. The van der Waals surface area contributed by atoms with E-state index in [4.69, 9.17) is 4.74 Å². The van der Waals surface area contributed by atoms with Crippen LogP contribution in [-0.2, 0) is 9.53 Å². The first kappa shape index (κ1) is 8.87. The van der Waals surface area contributed by atoms with Gasteiger partial charge in [-0.05, 0) is 24.6 Å². The lowest BCUT2D eigenvalue weighted by Crippen LogP contribution is -2.05. The van der Waals surface area contributed by atoms with Gasteiger partial charge in [0.2, 0.25) is 0 Å². The molecule has 0 unspecified atom stereocenters. The molecule has 1 aromatic carbocycles. The van der Waals surface area contributed by atoms with E-state index in [2.05, 4.69) is 0 Å². The second kappa shape index (κ2) is 3.21. The minimum Gasteiger partial charge on any atom is -0.508 e. The number of carbonyl (C=O) groups excluding carboxylic acids is 1. The summed E-state index contributed by atoms with van der Waals surface area (Å²) in [5.74, 6) is -0.725. The van der Waals surface area contributed by atoms with Gasteiger partial charge >= 0.3 is 5.97 Å². The lowest BCUT2D eigenvalue weighted by Gasteiger charge is -2.08. The number of rotatable bonds is 1. The Kier molecular flexibility index (Phi) is 2.04. The van der Waals surface area contributed by atoms with Crippen LogP contribution in [0.1, 0.15) is 17.9 Å². The fourth-order valence-corrected chi connectivity index (χ4v) is 1.60. The molecule has 74 valence electrons. The summed E-state index contributed by atoms with van der Waals surface area (Å²) in [5, 5.41) is 18.7. The molecule has 1 heterocycles. The Morgan fingerprint density at radius 1 is 1.36 bits per heavy atom. The zero-order chi connectivity index (χ0) is 10.1. The average Bonchev–Trinajstić information content (AvgIpc) is 2.56. The maximum Gasteiger partial charge on any atom is 0.313 e. The molecule has 2 rings (SSSR count). The van der Waals surface area contributed by atoms with Gasteiger partial charge in [0, 0.05) is 5.56 Å². The van der Waals surface area contributed by atoms with Gasteiger partial charge in [-0.2, -0.15) is 0 Å². The molecule has 1 atom stereocenters. The van der Waals surface area contributed by atoms with Gasteiger partial charge < -0.3 is 14.9 Å². The second-order valence-corrected chi connectivity index (χ2v) is 3.25. The molecular formula is C10H10O4. The predicted octanol–water partition coefficient (Wildman–Crippen LogP) is 1.13. The molecule has 0 spiro atoms. The van der Waals surface area contributed by atoms with Crippen LogP contribution < -0.4 is 0 Å². The molecule has 0 aliphatic carbocycles. The van der Waals surface area contributed by atoms with E-state index in [0.717, 1.165) is 0 Å². The summed E-state index contributed by atoms with van der Waals surface area (Å²) in [6.45, 7) is 0.374. The zero-order valence-electron chi connectivity index (χ0n) is 7.43. The van der Waals surface area contributed by atoms with Gasteiger partial charge in [0.15, 0.2) is 0 Å². The van der Waals surface area contributed by atoms with Gasteiger partial charge in [0.25, 0.3) is 0 Å². The number of hydrogen-bond donors (Lipinski definition) is 2. The first-order valence-electron chi connectivity index (χ1n) is 4.37. The van der Waals surface area contributed by atoms with Gasteiger partial charge in [0.05, 0.1) is 12.5 Å². The van der Waals surface area contributed by atoms with E-state index in [1.165, 1.54) is 18.2 Å². The molecule has 1 aliphatic heterocycles. The summed E-state index contributed by atoms with van der Waals surface area (Å²) >= 11 is 0. The SMILES string of the molecule is O=C1OCC[C@H]1c1cc(O)ccc1O. The van der Waals surface area contributed by atoms with Crippen molar-refractivity contribution in [2.75, 3.05) is 6.61 Å². The standard InChI is InChI=1S/C10H10O4/c11-6-1-2-9(12)8(5-6)7-3-4-14-10(7)13/h1-2,5,7,11-12H,3-4H2/t7-/m0/s1. The number of cyclic esters (lactones) is 1. The highest BCUT2D eigenvalue weighted by molar-refractivity contribution is 5.81. The van der Waals surface area contributed by atoms with Gasteiger partial charge in [-0.1, -0.05) is 0 Å². The summed E-state index contributed by atoms with van der Waals surface area (Å²) < 4.78 is 4.78. The third-order valence-corrected chi connectivity index (χ3v) is 2.32. The Balaban J connectivity index is 2.39. The fourth-order valence-electron chi connectivity index (χ4n) is 1.60. The smallest absolute Gasteiger partial charge is 0.313 e. The number of ether oxygens (including phenoxy) is 1. The molecule has 1 saturated heterocycles. The molecule has 0 saturated carbocycles. The molecule has 0 amide bonds. The predicted molar refractivity (Wildman–Crippen MR) is 48.1 cm³/mol. The van der Waals surface area contributed by atoms with Crippen molar-refractivity contribution in [3.63, 3.8) is 0 Å². The van der Waals surface area contributed by atoms with Crippen LogP contribution in [0.3, 0.4) is 0 Å². The number of phenols is 2. The van der Waals surface area contributed by atoms with Crippen molar-refractivity contribution in [2.24, 2.45) is 0 Å². The highest BCUT2D eigenvalue weighted by Crippen LogP contribution is 2.34. The van der Waals surface area contributed by atoms with E-state index in [0.29, 0.717) is 18.6 Å². The first-order chi connectivity index (χ1) is 6.68. The summed E-state index contributed by atoms with van der Waals surface area (Å²) in [6.07, 6.45) is 0.551. The van der Waals surface area contributed by atoms with Crippen molar-refractivity contribution in [1.29, 1.82) is 0 Å². The minimum atomic E-state index is -0.443. The maximum absolute atomic E-state index is 11.2. The number of carbonyl (C=O) groups is 1. The Labute approximate surface area is 80.7 Å². The largest absolute Gasteiger partial charge is 0.508 e. The fraction of sp³-hybridized carbons (Fsp3) is 0.300. The monoisotopic (exact) mass is 194 g/mol. The Hall–Kier alpha value is -1.71. The van der Waals surface area contributed by atoms with E-state index < -0.39 is 5.92 Å². The molecule has 4 heteroatoms. The van der Waals surface area contributed by atoms with Gasteiger partial charge in [-0.15, -0.1) is 0 Å².